The Morgan fingerprint density at radius 3 is 2.62 bits per heavy atom. The first-order valence-corrected chi connectivity index (χ1v) is 6.26. The van der Waals surface area contributed by atoms with Crippen molar-refractivity contribution in [1.82, 2.24) is 9.97 Å². The SMILES string of the molecule is NNc1cncc(NCCCS(N)(=O)=O)n1. The average Bonchev–Trinajstić information content (AvgIpc) is 2.23. The third kappa shape index (κ3) is 4.87. The Hall–Kier alpha value is -1.45. The molecule has 0 aromatic carbocycles. The zero-order valence-corrected chi connectivity index (χ0v) is 9.37. The molecule has 0 fully saturated rings. The van der Waals surface area contributed by atoms with E-state index < -0.39 is 10.0 Å². The molecule has 0 saturated carbocycles. The van der Waals surface area contributed by atoms with Gasteiger partial charge in [0.25, 0.3) is 0 Å². The van der Waals surface area contributed by atoms with Crippen molar-refractivity contribution in [2.75, 3.05) is 23.0 Å². The van der Waals surface area contributed by atoms with Gasteiger partial charge in [-0.1, -0.05) is 0 Å². The van der Waals surface area contributed by atoms with E-state index in [1.165, 1.54) is 12.4 Å². The van der Waals surface area contributed by atoms with Crippen LogP contribution in [0.3, 0.4) is 0 Å². The molecule has 8 nitrogen and oxygen atoms in total. The van der Waals surface area contributed by atoms with E-state index in [2.05, 4.69) is 20.7 Å². The fraction of sp³-hybridized carbons (Fsp3) is 0.429. The van der Waals surface area contributed by atoms with Crippen LogP contribution in [-0.2, 0) is 10.0 Å². The van der Waals surface area contributed by atoms with Crippen molar-refractivity contribution in [1.29, 1.82) is 0 Å². The Labute approximate surface area is 93.5 Å². The Bertz CT molecular complexity index is 434. The molecule has 1 aromatic heterocycles. The first-order valence-electron chi connectivity index (χ1n) is 4.54. The Morgan fingerprint density at radius 2 is 2.00 bits per heavy atom. The van der Waals surface area contributed by atoms with Gasteiger partial charge >= 0.3 is 0 Å². The Morgan fingerprint density at radius 1 is 1.31 bits per heavy atom. The van der Waals surface area contributed by atoms with Crippen LogP contribution in [0.4, 0.5) is 11.6 Å². The minimum Gasteiger partial charge on any atom is -0.369 e. The van der Waals surface area contributed by atoms with Crippen molar-refractivity contribution in [2.24, 2.45) is 11.0 Å². The molecule has 0 atom stereocenters. The van der Waals surface area contributed by atoms with Gasteiger partial charge in [0.1, 0.15) is 5.82 Å². The van der Waals surface area contributed by atoms with Crippen LogP contribution in [0.25, 0.3) is 0 Å². The third-order valence-electron chi connectivity index (χ3n) is 1.69. The first kappa shape index (κ1) is 12.6. The number of rotatable bonds is 6. The molecule has 0 bridgehead atoms. The number of hydrazine groups is 1. The van der Waals surface area contributed by atoms with Gasteiger partial charge in [-0.3, -0.25) is 4.98 Å². The molecule has 1 aromatic rings. The zero-order valence-electron chi connectivity index (χ0n) is 8.55. The van der Waals surface area contributed by atoms with Gasteiger partial charge in [0.05, 0.1) is 18.1 Å². The normalized spacial score (nSPS) is 11.1. The summed E-state index contributed by atoms with van der Waals surface area (Å²) in [6.07, 6.45) is 3.38. The summed E-state index contributed by atoms with van der Waals surface area (Å²) in [7, 11) is -3.40. The summed E-state index contributed by atoms with van der Waals surface area (Å²) >= 11 is 0. The number of hydrogen-bond donors (Lipinski definition) is 4. The highest BCUT2D eigenvalue weighted by molar-refractivity contribution is 7.89. The molecule has 9 heteroatoms. The smallest absolute Gasteiger partial charge is 0.209 e. The van der Waals surface area contributed by atoms with Crippen molar-refractivity contribution >= 4 is 21.7 Å². The molecule has 0 aliphatic rings. The predicted octanol–water partition coefficient (Wildman–Crippen LogP) is -1.15. The predicted molar refractivity (Wildman–Crippen MR) is 60.9 cm³/mol. The van der Waals surface area contributed by atoms with Gasteiger partial charge in [-0.25, -0.2) is 24.4 Å². The molecule has 1 heterocycles. The van der Waals surface area contributed by atoms with Crippen molar-refractivity contribution in [3.8, 4) is 0 Å². The van der Waals surface area contributed by atoms with Crippen molar-refractivity contribution in [3.05, 3.63) is 12.4 Å². The lowest BCUT2D eigenvalue weighted by molar-refractivity contribution is 0.595. The van der Waals surface area contributed by atoms with Gasteiger partial charge in [-0.2, -0.15) is 0 Å². The highest BCUT2D eigenvalue weighted by atomic mass is 32.2. The molecule has 0 saturated heterocycles. The minimum atomic E-state index is -3.40. The van der Waals surface area contributed by atoms with E-state index in [9.17, 15) is 8.42 Å². The quantitative estimate of drug-likeness (QED) is 0.283. The summed E-state index contributed by atoms with van der Waals surface area (Å²) in [4.78, 5) is 7.91. The van der Waals surface area contributed by atoms with Crippen molar-refractivity contribution < 1.29 is 8.42 Å². The second-order valence-electron chi connectivity index (χ2n) is 3.08. The monoisotopic (exact) mass is 246 g/mol. The third-order valence-corrected chi connectivity index (χ3v) is 2.55. The van der Waals surface area contributed by atoms with Crippen LogP contribution < -0.4 is 21.7 Å². The summed E-state index contributed by atoms with van der Waals surface area (Å²) in [5.41, 5.74) is 2.35. The molecular formula is C7H14N6O2S. The zero-order chi connectivity index (χ0) is 12.0. The number of aromatic nitrogens is 2. The van der Waals surface area contributed by atoms with Gasteiger partial charge in [0.2, 0.25) is 10.0 Å². The molecule has 16 heavy (non-hydrogen) atoms. The van der Waals surface area contributed by atoms with Gasteiger partial charge in [0.15, 0.2) is 5.82 Å². The van der Waals surface area contributed by atoms with Crippen LogP contribution in [0.2, 0.25) is 0 Å². The number of primary sulfonamides is 1. The minimum absolute atomic E-state index is 0.0672. The van der Waals surface area contributed by atoms with Gasteiger partial charge in [-0.05, 0) is 6.42 Å². The number of nitrogens with one attached hydrogen (secondary N) is 2. The molecule has 0 spiro atoms. The summed E-state index contributed by atoms with van der Waals surface area (Å²) in [5.74, 6) is 6.03. The maximum atomic E-state index is 10.6. The fourth-order valence-electron chi connectivity index (χ4n) is 1.01. The number of nitrogens with two attached hydrogens (primary N) is 2. The number of anilines is 2. The molecule has 6 N–H and O–H groups in total. The molecule has 0 radical (unpaired) electrons. The maximum absolute atomic E-state index is 10.6. The molecular weight excluding hydrogens is 232 g/mol. The Kier molecular flexibility index (Phi) is 4.40. The molecule has 1 rings (SSSR count). The molecule has 0 amide bonds. The first-order chi connectivity index (χ1) is 7.51. The van der Waals surface area contributed by atoms with Crippen LogP contribution in [0.5, 0.6) is 0 Å². The van der Waals surface area contributed by atoms with E-state index in [0.29, 0.717) is 24.6 Å². The summed E-state index contributed by atoms with van der Waals surface area (Å²) in [6.45, 7) is 0.444. The van der Waals surface area contributed by atoms with Crippen molar-refractivity contribution in [3.63, 3.8) is 0 Å². The molecule has 90 valence electrons. The molecule has 0 aliphatic heterocycles. The van der Waals surface area contributed by atoms with Gasteiger partial charge in [0, 0.05) is 6.54 Å². The maximum Gasteiger partial charge on any atom is 0.209 e. The fourth-order valence-corrected chi connectivity index (χ4v) is 1.56. The van der Waals surface area contributed by atoms with E-state index in [1.54, 1.807) is 0 Å². The largest absolute Gasteiger partial charge is 0.369 e. The van der Waals surface area contributed by atoms with E-state index in [0.717, 1.165) is 0 Å². The van der Waals surface area contributed by atoms with Crippen LogP contribution in [0, 0.1) is 0 Å². The highest BCUT2D eigenvalue weighted by Crippen LogP contribution is 2.04. The number of nitrogen functional groups attached to an aromatic ring is 1. The van der Waals surface area contributed by atoms with Gasteiger partial charge in [-0.15, -0.1) is 0 Å². The van der Waals surface area contributed by atoms with Crippen LogP contribution in [0.15, 0.2) is 12.4 Å². The Balaban J connectivity index is 2.37. The number of nitrogens with zero attached hydrogens (tertiary/aromatic N) is 2. The van der Waals surface area contributed by atoms with E-state index in [-0.39, 0.29) is 5.75 Å². The van der Waals surface area contributed by atoms with Crippen molar-refractivity contribution in [2.45, 2.75) is 6.42 Å². The summed E-state index contributed by atoms with van der Waals surface area (Å²) in [6, 6.07) is 0. The topological polar surface area (TPSA) is 136 Å². The van der Waals surface area contributed by atoms with E-state index in [1.807, 2.05) is 0 Å². The highest BCUT2D eigenvalue weighted by Gasteiger charge is 2.02. The van der Waals surface area contributed by atoms with Gasteiger partial charge < -0.3 is 10.7 Å². The van der Waals surface area contributed by atoms with Crippen LogP contribution in [0.1, 0.15) is 6.42 Å². The second-order valence-corrected chi connectivity index (χ2v) is 4.82. The lowest BCUT2D eigenvalue weighted by Gasteiger charge is -2.05. The van der Waals surface area contributed by atoms with Crippen LogP contribution >= 0.6 is 0 Å². The summed E-state index contributed by atoms with van der Waals surface area (Å²) < 4.78 is 21.3. The average molecular weight is 246 g/mol. The van der Waals surface area contributed by atoms with Crippen LogP contribution in [-0.4, -0.2) is 30.7 Å². The number of sulfonamides is 1. The summed E-state index contributed by atoms with van der Waals surface area (Å²) in [5, 5.41) is 7.75. The molecule has 0 unspecified atom stereocenters. The lowest BCUT2D eigenvalue weighted by Crippen LogP contribution is -2.19. The van der Waals surface area contributed by atoms with E-state index in [4.69, 9.17) is 11.0 Å². The lowest BCUT2D eigenvalue weighted by atomic mass is 10.5. The second kappa shape index (κ2) is 5.58. The van der Waals surface area contributed by atoms with E-state index >= 15 is 0 Å². The molecule has 0 aliphatic carbocycles. The number of hydrogen-bond acceptors (Lipinski definition) is 7. The standard InChI is InChI=1S/C7H14N6O2S/c8-13-7-5-10-4-6(12-7)11-2-1-3-16(9,14)15/h4-5H,1-3,8H2,(H2,9,14,15)(H2,11,12,13).